The minimum absolute atomic E-state index is 0.365. The molecule has 3 aliphatic heterocycles. The molecule has 1 unspecified atom stereocenters. The number of nitrogens with zero attached hydrogens (tertiary/aromatic N) is 4. The van der Waals surface area contributed by atoms with Crippen LogP contribution >= 0.6 is 0 Å². The first-order valence-electron chi connectivity index (χ1n) is 8.56. The fourth-order valence-corrected chi connectivity index (χ4v) is 3.82. The summed E-state index contributed by atoms with van der Waals surface area (Å²) >= 11 is 0. The first-order valence-corrected chi connectivity index (χ1v) is 8.56. The van der Waals surface area contributed by atoms with Crippen LogP contribution in [-0.4, -0.2) is 50.7 Å². The third-order valence-electron chi connectivity index (χ3n) is 5.12. The molecule has 122 valence electrons. The van der Waals surface area contributed by atoms with Crippen molar-refractivity contribution in [2.24, 2.45) is 5.92 Å². The highest BCUT2D eigenvalue weighted by atomic mass is 15.2. The van der Waals surface area contributed by atoms with E-state index in [2.05, 4.69) is 39.2 Å². The Balaban J connectivity index is 1.56. The molecule has 6 heteroatoms. The lowest BCUT2D eigenvalue weighted by atomic mass is 9.84. The first-order chi connectivity index (χ1) is 11.2. The molecule has 5 heterocycles. The van der Waals surface area contributed by atoms with Gasteiger partial charge in [-0.2, -0.15) is 5.10 Å². The SMILES string of the molecule is CC(C)c1n[nH]cc1-c1ccnc(NC2CN3CCC2CC3)n1. The molecule has 0 radical (unpaired) electrons. The van der Waals surface area contributed by atoms with Gasteiger partial charge in [-0.15, -0.1) is 0 Å². The molecule has 0 aromatic carbocycles. The van der Waals surface area contributed by atoms with Crippen LogP contribution in [0.25, 0.3) is 11.3 Å². The summed E-state index contributed by atoms with van der Waals surface area (Å²) < 4.78 is 0. The average molecular weight is 312 g/mol. The Labute approximate surface area is 136 Å². The van der Waals surface area contributed by atoms with Gasteiger partial charge in [0.25, 0.3) is 0 Å². The minimum Gasteiger partial charge on any atom is -0.350 e. The zero-order valence-electron chi connectivity index (χ0n) is 13.8. The lowest BCUT2D eigenvalue weighted by Crippen LogP contribution is -2.53. The fraction of sp³-hybridized carbons (Fsp3) is 0.588. The predicted molar refractivity (Wildman–Crippen MR) is 90.3 cm³/mol. The molecule has 3 saturated heterocycles. The van der Waals surface area contributed by atoms with Crippen molar-refractivity contribution in [1.29, 1.82) is 0 Å². The number of H-pyrrole nitrogens is 1. The second-order valence-corrected chi connectivity index (χ2v) is 6.99. The van der Waals surface area contributed by atoms with Gasteiger partial charge in [0.15, 0.2) is 0 Å². The van der Waals surface area contributed by atoms with Crippen molar-refractivity contribution in [3.8, 4) is 11.3 Å². The van der Waals surface area contributed by atoms with Crippen LogP contribution in [0.5, 0.6) is 0 Å². The highest BCUT2D eigenvalue weighted by molar-refractivity contribution is 5.62. The van der Waals surface area contributed by atoms with Gasteiger partial charge in [-0.1, -0.05) is 13.8 Å². The van der Waals surface area contributed by atoms with Gasteiger partial charge in [-0.3, -0.25) is 5.10 Å². The van der Waals surface area contributed by atoms with Crippen molar-refractivity contribution < 1.29 is 0 Å². The van der Waals surface area contributed by atoms with E-state index in [0.717, 1.165) is 35.4 Å². The molecule has 2 aromatic heterocycles. The molecule has 3 aliphatic rings. The molecule has 3 fully saturated rings. The maximum absolute atomic E-state index is 4.74. The average Bonchev–Trinajstić information content (AvgIpc) is 3.06. The van der Waals surface area contributed by atoms with E-state index in [-0.39, 0.29) is 0 Å². The molecule has 2 aromatic rings. The summed E-state index contributed by atoms with van der Waals surface area (Å²) in [4.78, 5) is 11.7. The van der Waals surface area contributed by atoms with Gasteiger partial charge in [0, 0.05) is 30.5 Å². The molecule has 0 aliphatic carbocycles. The minimum atomic E-state index is 0.365. The molecule has 5 rings (SSSR count). The van der Waals surface area contributed by atoms with Crippen LogP contribution in [0.3, 0.4) is 0 Å². The van der Waals surface area contributed by atoms with E-state index in [9.17, 15) is 0 Å². The summed E-state index contributed by atoms with van der Waals surface area (Å²) in [6.45, 7) is 7.90. The lowest BCUT2D eigenvalue weighted by Gasteiger charge is -2.44. The van der Waals surface area contributed by atoms with Crippen LogP contribution in [0.2, 0.25) is 0 Å². The van der Waals surface area contributed by atoms with Gasteiger partial charge in [0.05, 0.1) is 11.4 Å². The van der Waals surface area contributed by atoms with E-state index in [1.165, 1.54) is 25.9 Å². The van der Waals surface area contributed by atoms with Crippen LogP contribution in [0.4, 0.5) is 5.95 Å². The Morgan fingerprint density at radius 2 is 2.13 bits per heavy atom. The second-order valence-electron chi connectivity index (χ2n) is 6.99. The number of hydrogen-bond donors (Lipinski definition) is 2. The van der Waals surface area contributed by atoms with Crippen molar-refractivity contribution in [1.82, 2.24) is 25.1 Å². The number of aromatic amines is 1. The third kappa shape index (κ3) is 2.83. The van der Waals surface area contributed by atoms with E-state index in [1.807, 2.05) is 18.5 Å². The van der Waals surface area contributed by atoms with E-state index in [4.69, 9.17) is 4.98 Å². The molecule has 2 bridgehead atoms. The molecular formula is C17H24N6. The number of nitrogens with one attached hydrogen (secondary N) is 2. The number of fused-ring (bicyclic) bond motifs is 3. The summed E-state index contributed by atoms with van der Waals surface area (Å²) in [6, 6.07) is 2.43. The summed E-state index contributed by atoms with van der Waals surface area (Å²) in [6.07, 6.45) is 6.34. The Bertz CT molecular complexity index is 671. The largest absolute Gasteiger partial charge is 0.350 e. The van der Waals surface area contributed by atoms with Gasteiger partial charge in [-0.05, 0) is 43.8 Å². The zero-order chi connectivity index (χ0) is 15.8. The van der Waals surface area contributed by atoms with E-state index in [0.29, 0.717) is 12.0 Å². The van der Waals surface area contributed by atoms with Crippen LogP contribution in [0, 0.1) is 5.92 Å². The van der Waals surface area contributed by atoms with Gasteiger partial charge < -0.3 is 10.2 Å². The fourth-order valence-electron chi connectivity index (χ4n) is 3.82. The molecule has 23 heavy (non-hydrogen) atoms. The van der Waals surface area contributed by atoms with Crippen LogP contribution < -0.4 is 5.32 Å². The number of anilines is 1. The van der Waals surface area contributed by atoms with E-state index >= 15 is 0 Å². The Morgan fingerprint density at radius 1 is 1.30 bits per heavy atom. The van der Waals surface area contributed by atoms with Gasteiger partial charge in [-0.25, -0.2) is 9.97 Å². The van der Waals surface area contributed by atoms with E-state index in [1.54, 1.807) is 0 Å². The normalized spacial score (nSPS) is 26.7. The Morgan fingerprint density at radius 3 is 2.83 bits per heavy atom. The summed E-state index contributed by atoms with van der Waals surface area (Å²) in [5.74, 6) is 1.86. The van der Waals surface area contributed by atoms with Crippen molar-refractivity contribution in [2.45, 2.75) is 38.6 Å². The molecule has 1 atom stereocenters. The van der Waals surface area contributed by atoms with Gasteiger partial charge in [0.2, 0.25) is 5.95 Å². The van der Waals surface area contributed by atoms with Crippen LogP contribution in [-0.2, 0) is 0 Å². The lowest BCUT2D eigenvalue weighted by molar-refractivity contribution is 0.0972. The van der Waals surface area contributed by atoms with Gasteiger partial charge in [0.1, 0.15) is 0 Å². The number of hydrogen-bond acceptors (Lipinski definition) is 5. The first kappa shape index (κ1) is 14.6. The Hall–Kier alpha value is -1.95. The van der Waals surface area contributed by atoms with Crippen molar-refractivity contribution in [2.75, 3.05) is 25.0 Å². The van der Waals surface area contributed by atoms with Crippen LogP contribution in [0.1, 0.15) is 38.3 Å². The molecule has 0 spiro atoms. The van der Waals surface area contributed by atoms with E-state index < -0.39 is 0 Å². The smallest absolute Gasteiger partial charge is 0.223 e. The van der Waals surface area contributed by atoms with Crippen molar-refractivity contribution >= 4 is 5.95 Å². The zero-order valence-corrected chi connectivity index (χ0v) is 13.8. The molecular weight excluding hydrogens is 288 g/mol. The standard InChI is InChI=1S/C17H24N6/c1-11(2)16-13(9-19-22-16)14-3-6-18-17(20-14)21-15-10-23-7-4-12(15)5-8-23/h3,6,9,11-12,15H,4-5,7-8,10H2,1-2H3,(H,19,22)(H,18,20,21). The van der Waals surface area contributed by atoms with Gasteiger partial charge >= 0.3 is 0 Å². The van der Waals surface area contributed by atoms with Crippen molar-refractivity contribution in [3.63, 3.8) is 0 Å². The topological polar surface area (TPSA) is 69.7 Å². The molecule has 0 saturated carbocycles. The maximum atomic E-state index is 4.74. The third-order valence-corrected chi connectivity index (χ3v) is 5.12. The number of aromatic nitrogens is 4. The molecule has 6 nitrogen and oxygen atoms in total. The number of piperidine rings is 3. The predicted octanol–water partition coefficient (Wildman–Crippen LogP) is 2.50. The Kier molecular flexibility index (Phi) is 3.77. The second kappa shape index (κ2) is 5.92. The monoisotopic (exact) mass is 312 g/mol. The molecule has 2 N–H and O–H groups in total. The highest BCUT2D eigenvalue weighted by Gasteiger charge is 2.34. The maximum Gasteiger partial charge on any atom is 0.223 e. The molecule has 0 amide bonds. The van der Waals surface area contributed by atoms with Crippen molar-refractivity contribution in [3.05, 3.63) is 24.2 Å². The summed E-state index contributed by atoms with van der Waals surface area (Å²) in [5, 5.41) is 10.9. The highest BCUT2D eigenvalue weighted by Crippen LogP contribution is 2.30. The number of rotatable bonds is 4. The summed E-state index contributed by atoms with van der Waals surface area (Å²) in [5.41, 5.74) is 3.05. The van der Waals surface area contributed by atoms with Crippen LogP contribution in [0.15, 0.2) is 18.5 Å². The summed E-state index contributed by atoms with van der Waals surface area (Å²) in [7, 11) is 0. The quantitative estimate of drug-likeness (QED) is 0.908.